The number of rotatable bonds is 6. The Kier molecular flexibility index (Phi) is 4.65. The minimum absolute atomic E-state index is 0.568. The number of imidazole rings is 1. The summed E-state index contributed by atoms with van der Waals surface area (Å²) in [4.78, 5) is 8.74. The van der Waals surface area contributed by atoms with E-state index in [0.29, 0.717) is 6.73 Å². The fourth-order valence-electron chi connectivity index (χ4n) is 1.76. The lowest BCUT2D eigenvalue weighted by molar-refractivity contribution is 0.0898. The smallest absolute Gasteiger partial charge is 0.124 e. The normalized spacial score (nSPS) is 12.2. The van der Waals surface area contributed by atoms with Gasteiger partial charge in [-0.2, -0.15) is 0 Å². The maximum Gasteiger partial charge on any atom is 0.124 e. The summed E-state index contributed by atoms with van der Waals surface area (Å²) in [5.41, 5.74) is 2.05. The number of thioether (sulfide) groups is 1. The van der Waals surface area contributed by atoms with Gasteiger partial charge in [0, 0.05) is 20.9 Å². The van der Waals surface area contributed by atoms with Gasteiger partial charge in [-0.1, -0.05) is 19.6 Å². The monoisotopic (exact) mass is 295 g/mol. The molecule has 0 saturated carbocycles. The lowest BCUT2D eigenvalue weighted by atomic mass is 10.4. The van der Waals surface area contributed by atoms with Crippen molar-refractivity contribution >= 4 is 30.9 Å². The molecule has 0 saturated heterocycles. The summed E-state index contributed by atoms with van der Waals surface area (Å²) in [5.74, 6) is 0. The van der Waals surface area contributed by atoms with E-state index in [4.69, 9.17) is 4.74 Å². The van der Waals surface area contributed by atoms with Gasteiger partial charge in [0.1, 0.15) is 17.3 Å². The zero-order chi connectivity index (χ0) is 13.9. The Morgan fingerprint density at radius 3 is 2.79 bits per heavy atom. The third-order valence-electron chi connectivity index (χ3n) is 2.93. The van der Waals surface area contributed by atoms with Crippen molar-refractivity contribution in [2.45, 2.75) is 37.4 Å². The van der Waals surface area contributed by atoms with Gasteiger partial charge in [0.25, 0.3) is 0 Å². The van der Waals surface area contributed by atoms with Crippen LogP contribution in [0.1, 0.15) is 0 Å². The topological polar surface area (TPSA) is 39.9 Å². The molecule has 104 valence electrons. The van der Waals surface area contributed by atoms with Gasteiger partial charge in [0.05, 0.1) is 11.8 Å². The molecular formula is C13H21N3OSSi. The van der Waals surface area contributed by atoms with E-state index in [1.54, 1.807) is 11.8 Å². The van der Waals surface area contributed by atoms with E-state index < -0.39 is 8.07 Å². The molecule has 0 aliphatic heterocycles. The van der Waals surface area contributed by atoms with Gasteiger partial charge in [-0.3, -0.25) is 0 Å². The third kappa shape index (κ3) is 3.81. The van der Waals surface area contributed by atoms with Gasteiger partial charge in [0.15, 0.2) is 0 Å². The van der Waals surface area contributed by atoms with Gasteiger partial charge in [0.2, 0.25) is 0 Å². The molecule has 0 aliphatic rings. The van der Waals surface area contributed by atoms with Crippen LogP contribution in [0.3, 0.4) is 0 Å². The molecule has 0 aromatic carbocycles. The Balaban J connectivity index is 2.02. The lowest BCUT2D eigenvalue weighted by Crippen LogP contribution is -2.21. The van der Waals surface area contributed by atoms with Crippen LogP contribution in [-0.4, -0.2) is 35.5 Å². The molecule has 0 aliphatic carbocycles. The second kappa shape index (κ2) is 6.07. The van der Waals surface area contributed by atoms with Crippen molar-refractivity contribution in [2.24, 2.45) is 0 Å². The third-order valence-corrected chi connectivity index (χ3v) is 5.31. The van der Waals surface area contributed by atoms with E-state index >= 15 is 0 Å². The van der Waals surface area contributed by atoms with E-state index in [0.717, 1.165) is 22.7 Å². The van der Waals surface area contributed by atoms with Crippen molar-refractivity contribution in [1.29, 1.82) is 0 Å². The predicted octanol–water partition coefficient (Wildman–Crippen LogP) is 3.47. The van der Waals surface area contributed by atoms with Crippen LogP contribution in [0.25, 0.3) is 11.0 Å². The fourth-order valence-corrected chi connectivity index (χ4v) is 3.04. The number of nitrogens with zero attached hydrogens (tertiary/aromatic N) is 3. The number of aromatic nitrogens is 3. The molecule has 0 atom stereocenters. The van der Waals surface area contributed by atoms with Gasteiger partial charge < -0.3 is 9.30 Å². The molecule has 0 unspecified atom stereocenters. The number of pyridine rings is 1. The summed E-state index contributed by atoms with van der Waals surface area (Å²) in [6.07, 6.45) is 5.68. The van der Waals surface area contributed by atoms with Crippen molar-refractivity contribution in [3.05, 3.63) is 18.6 Å². The SMILES string of the molecule is CSc1nccc2c1ncn2COCC[Si](C)(C)C. The highest BCUT2D eigenvalue weighted by Gasteiger charge is 2.12. The standard InChI is InChI=1S/C13H21N3OSSi/c1-18-13-12-11(5-6-14-13)16(9-15-12)10-17-7-8-19(2,3)4/h5-6,9H,7-8,10H2,1-4H3. The molecule has 0 N–H and O–H groups in total. The molecule has 0 spiro atoms. The van der Waals surface area contributed by atoms with Crippen LogP contribution in [0.5, 0.6) is 0 Å². The van der Waals surface area contributed by atoms with Crippen LogP contribution < -0.4 is 0 Å². The molecule has 6 heteroatoms. The fraction of sp³-hybridized carbons (Fsp3) is 0.538. The highest BCUT2D eigenvalue weighted by atomic mass is 32.2. The molecule has 19 heavy (non-hydrogen) atoms. The van der Waals surface area contributed by atoms with Crippen LogP contribution in [0.15, 0.2) is 23.6 Å². The molecular weight excluding hydrogens is 274 g/mol. The maximum atomic E-state index is 5.77. The van der Waals surface area contributed by atoms with Crippen molar-refractivity contribution in [3.63, 3.8) is 0 Å². The molecule has 2 aromatic heterocycles. The molecule has 0 radical (unpaired) electrons. The Morgan fingerprint density at radius 1 is 1.32 bits per heavy atom. The Hall–Kier alpha value is -0.853. The van der Waals surface area contributed by atoms with Gasteiger partial charge in [-0.15, -0.1) is 11.8 Å². The minimum atomic E-state index is -1.01. The van der Waals surface area contributed by atoms with E-state index in [-0.39, 0.29) is 0 Å². The highest BCUT2D eigenvalue weighted by Crippen LogP contribution is 2.22. The second-order valence-electron chi connectivity index (χ2n) is 5.75. The summed E-state index contributed by atoms with van der Waals surface area (Å²) in [6, 6.07) is 3.18. The molecule has 2 heterocycles. The van der Waals surface area contributed by atoms with E-state index in [1.807, 2.05) is 29.4 Å². The average Bonchev–Trinajstić information content (AvgIpc) is 2.76. The predicted molar refractivity (Wildman–Crippen MR) is 83.4 cm³/mol. The highest BCUT2D eigenvalue weighted by molar-refractivity contribution is 7.98. The number of ether oxygens (including phenoxy) is 1. The quantitative estimate of drug-likeness (QED) is 0.465. The Bertz CT molecular complexity index is 550. The van der Waals surface area contributed by atoms with Crippen molar-refractivity contribution in [2.75, 3.05) is 12.9 Å². The number of hydrogen-bond donors (Lipinski definition) is 0. The molecule has 0 bridgehead atoms. The molecule has 2 aromatic rings. The zero-order valence-electron chi connectivity index (χ0n) is 12.0. The average molecular weight is 295 g/mol. The summed E-state index contributed by atoms with van der Waals surface area (Å²) in [7, 11) is -1.01. The Morgan fingerprint density at radius 2 is 2.11 bits per heavy atom. The van der Waals surface area contributed by atoms with Gasteiger partial charge in [-0.25, -0.2) is 9.97 Å². The second-order valence-corrected chi connectivity index (χ2v) is 12.2. The Labute approximate surface area is 119 Å². The summed E-state index contributed by atoms with van der Waals surface area (Å²) in [5, 5.41) is 0.971. The first kappa shape index (κ1) is 14.6. The van der Waals surface area contributed by atoms with Crippen molar-refractivity contribution < 1.29 is 4.74 Å². The summed E-state index contributed by atoms with van der Waals surface area (Å²) < 4.78 is 7.81. The first-order valence-electron chi connectivity index (χ1n) is 6.43. The number of hydrogen-bond acceptors (Lipinski definition) is 4. The van der Waals surface area contributed by atoms with Crippen molar-refractivity contribution in [3.8, 4) is 0 Å². The van der Waals surface area contributed by atoms with Crippen LogP contribution in [0.4, 0.5) is 0 Å². The molecule has 0 fully saturated rings. The first-order valence-corrected chi connectivity index (χ1v) is 11.4. The number of fused-ring (bicyclic) bond motifs is 1. The van der Waals surface area contributed by atoms with Gasteiger partial charge >= 0.3 is 0 Å². The molecule has 2 rings (SSSR count). The minimum Gasteiger partial charge on any atom is -0.361 e. The maximum absolute atomic E-state index is 5.77. The first-order chi connectivity index (χ1) is 9.01. The molecule has 4 nitrogen and oxygen atoms in total. The largest absolute Gasteiger partial charge is 0.361 e. The van der Waals surface area contributed by atoms with Crippen LogP contribution in [0.2, 0.25) is 25.7 Å². The van der Waals surface area contributed by atoms with E-state index in [2.05, 4.69) is 29.6 Å². The summed E-state index contributed by atoms with van der Waals surface area (Å²) in [6.45, 7) is 8.48. The van der Waals surface area contributed by atoms with Crippen LogP contribution in [-0.2, 0) is 11.5 Å². The van der Waals surface area contributed by atoms with Crippen molar-refractivity contribution in [1.82, 2.24) is 14.5 Å². The zero-order valence-corrected chi connectivity index (χ0v) is 13.8. The van der Waals surface area contributed by atoms with Crippen LogP contribution in [0, 0.1) is 0 Å². The summed E-state index contributed by atoms with van der Waals surface area (Å²) >= 11 is 1.62. The molecule has 0 amide bonds. The van der Waals surface area contributed by atoms with E-state index in [1.165, 1.54) is 6.04 Å². The van der Waals surface area contributed by atoms with E-state index in [9.17, 15) is 0 Å². The van der Waals surface area contributed by atoms with Gasteiger partial charge in [-0.05, 0) is 18.4 Å². The van der Waals surface area contributed by atoms with Crippen LogP contribution >= 0.6 is 11.8 Å². The lowest BCUT2D eigenvalue weighted by Gasteiger charge is -2.15.